The zero-order valence-corrected chi connectivity index (χ0v) is 10.2. The Labute approximate surface area is 84.7 Å². The van der Waals surface area contributed by atoms with Crippen LogP contribution < -0.4 is 5.32 Å². The van der Waals surface area contributed by atoms with Gasteiger partial charge in [-0.15, -0.1) is 0 Å². The molecule has 0 spiro atoms. The number of nitrogens with one attached hydrogen (secondary N) is 1. The first kappa shape index (κ1) is 15.4. The minimum absolute atomic E-state index is 1.14. The molecular formula is C11H28N2. The molecule has 0 aromatic carbocycles. The topological polar surface area (TPSA) is 15.3 Å². The van der Waals surface area contributed by atoms with E-state index in [0.717, 1.165) is 6.54 Å². The summed E-state index contributed by atoms with van der Waals surface area (Å²) in [6, 6.07) is 0. The number of hydrogen-bond acceptors (Lipinski definition) is 2. The largest absolute Gasteiger partial charge is 0.320 e. The summed E-state index contributed by atoms with van der Waals surface area (Å²) in [7, 11) is 4.14. The molecule has 0 aromatic rings. The van der Waals surface area contributed by atoms with Gasteiger partial charge >= 0.3 is 0 Å². The third-order valence-corrected chi connectivity index (χ3v) is 1.71. The van der Waals surface area contributed by atoms with E-state index in [1.807, 2.05) is 7.05 Å². The molecule has 0 heterocycles. The van der Waals surface area contributed by atoms with Crippen LogP contribution in [0.15, 0.2) is 0 Å². The van der Waals surface area contributed by atoms with Gasteiger partial charge in [-0.3, -0.25) is 0 Å². The summed E-state index contributed by atoms with van der Waals surface area (Å²) in [5.74, 6) is 0. The van der Waals surface area contributed by atoms with Crippen LogP contribution in [0.5, 0.6) is 0 Å². The van der Waals surface area contributed by atoms with Crippen LogP contribution in [-0.4, -0.2) is 38.6 Å². The zero-order valence-electron chi connectivity index (χ0n) is 10.2. The molecule has 13 heavy (non-hydrogen) atoms. The van der Waals surface area contributed by atoms with Crippen LogP contribution in [0.1, 0.15) is 40.0 Å². The molecule has 0 fully saturated rings. The van der Waals surface area contributed by atoms with Crippen molar-refractivity contribution in [2.45, 2.75) is 40.0 Å². The van der Waals surface area contributed by atoms with Crippen molar-refractivity contribution >= 4 is 0 Å². The van der Waals surface area contributed by atoms with Crippen molar-refractivity contribution in [3.05, 3.63) is 0 Å². The fourth-order valence-corrected chi connectivity index (χ4v) is 1.13. The summed E-state index contributed by atoms with van der Waals surface area (Å²) in [4.78, 5) is 2.36. The summed E-state index contributed by atoms with van der Waals surface area (Å²) in [6.45, 7) is 10.2. The van der Waals surface area contributed by atoms with Crippen molar-refractivity contribution in [1.29, 1.82) is 0 Å². The molecule has 0 aliphatic heterocycles. The molecule has 0 rings (SSSR count). The van der Waals surface area contributed by atoms with Gasteiger partial charge in [0.15, 0.2) is 0 Å². The maximum absolute atomic E-state index is 3.02. The van der Waals surface area contributed by atoms with Gasteiger partial charge in [-0.05, 0) is 53.0 Å². The van der Waals surface area contributed by atoms with E-state index in [2.05, 4.69) is 38.0 Å². The molecule has 0 amide bonds. The Morgan fingerprint density at radius 1 is 0.923 bits per heavy atom. The van der Waals surface area contributed by atoms with E-state index >= 15 is 0 Å². The summed E-state index contributed by atoms with van der Waals surface area (Å²) >= 11 is 0. The van der Waals surface area contributed by atoms with E-state index < -0.39 is 0 Å². The van der Waals surface area contributed by atoms with E-state index in [9.17, 15) is 0 Å². The maximum Gasteiger partial charge on any atom is -0.00244 e. The second-order valence-corrected chi connectivity index (χ2v) is 3.41. The summed E-state index contributed by atoms with van der Waals surface area (Å²) in [6.07, 6.45) is 3.78. The molecule has 0 atom stereocenters. The zero-order chi connectivity index (χ0) is 10.5. The lowest BCUT2D eigenvalue weighted by molar-refractivity contribution is 0.335. The lowest BCUT2D eigenvalue weighted by Gasteiger charge is -2.12. The summed E-state index contributed by atoms with van der Waals surface area (Å²) in [5, 5.41) is 3.02. The van der Waals surface area contributed by atoms with E-state index in [1.54, 1.807) is 0 Å². The molecule has 0 aliphatic carbocycles. The van der Waals surface area contributed by atoms with Crippen molar-refractivity contribution in [2.24, 2.45) is 0 Å². The molecule has 0 unspecified atom stereocenters. The van der Waals surface area contributed by atoms with Crippen LogP contribution in [0.3, 0.4) is 0 Å². The Balaban J connectivity index is 0. The van der Waals surface area contributed by atoms with E-state index in [0.29, 0.717) is 0 Å². The normalized spacial score (nSPS) is 9.69. The monoisotopic (exact) mass is 188 g/mol. The van der Waals surface area contributed by atoms with Crippen LogP contribution in [0.4, 0.5) is 0 Å². The van der Waals surface area contributed by atoms with Crippen LogP contribution in [-0.2, 0) is 0 Å². The Kier molecular flexibility index (Phi) is 17.1. The second-order valence-electron chi connectivity index (χ2n) is 3.41. The second kappa shape index (κ2) is 14.4. The molecule has 0 aromatic heterocycles. The summed E-state index contributed by atoms with van der Waals surface area (Å²) in [5.41, 5.74) is 0. The Morgan fingerprint density at radius 3 is 1.54 bits per heavy atom. The molecule has 2 heteroatoms. The van der Waals surface area contributed by atoms with Crippen molar-refractivity contribution in [3.63, 3.8) is 0 Å². The quantitative estimate of drug-likeness (QED) is 0.688. The minimum Gasteiger partial charge on any atom is -0.320 e. The minimum atomic E-state index is 1.14. The first-order chi connectivity index (χ1) is 6.22. The van der Waals surface area contributed by atoms with E-state index in [1.165, 1.54) is 32.4 Å². The molecule has 0 radical (unpaired) electrons. The highest BCUT2D eigenvalue weighted by Gasteiger charge is 1.90. The van der Waals surface area contributed by atoms with E-state index in [-0.39, 0.29) is 0 Å². The molecular weight excluding hydrogens is 160 g/mol. The molecule has 1 N–H and O–H groups in total. The SMILES string of the molecule is CCCN(C)CCC.CCCNC. The van der Waals surface area contributed by atoms with Crippen molar-refractivity contribution in [3.8, 4) is 0 Å². The number of rotatable bonds is 6. The van der Waals surface area contributed by atoms with Crippen LogP contribution >= 0.6 is 0 Å². The Hall–Kier alpha value is -0.0800. The third kappa shape index (κ3) is 18.7. The third-order valence-electron chi connectivity index (χ3n) is 1.71. The van der Waals surface area contributed by atoms with Gasteiger partial charge in [-0.1, -0.05) is 20.8 Å². The first-order valence-electron chi connectivity index (χ1n) is 5.55. The predicted octanol–water partition coefficient (Wildman–Crippen LogP) is 2.35. The van der Waals surface area contributed by atoms with Gasteiger partial charge in [0.1, 0.15) is 0 Å². The Bertz CT molecular complexity index is 66.5. The van der Waals surface area contributed by atoms with Crippen LogP contribution in [0.2, 0.25) is 0 Å². The fraction of sp³-hybridized carbons (Fsp3) is 1.00. The molecule has 0 bridgehead atoms. The highest BCUT2D eigenvalue weighted by Crippen LogP contribution is 1.86. The summed E-state index contributed by atoms with van der Waals surface area (Å²) < 4.78 is 0. The van der Waals surface area contributed by atoms with Crippen LogP contribution in [0.25, 0.3) is 0 Å². The highest BCUT2D eigenvalue weighted by atomic mass is 15.1. The number of hydrogen-bond donors (Lipinski definition) is 1. The van der Waals surface area contributed by atoms with Crippen LogP contribution in [0, 0.1) is 0 Å². The average molecular weight is 188 g/mol. The standard InChI is InChI=1S/C7H17N.C4H11N/c1-4-6-8(3)7-5-2;1-3-4-5-2/h4-7H2,1-3H3;5H,3-4H2,1-2H3. The number of nitrogens with zero attached hydrogens (tertiary/aromatic N) is 1. The Morgan fingerprint density at radius 2 is 1.38 bits per heavy atom. The van der Waals surface area contributed by atoms with Gasteiger partial charge in [0, 0.05) is 0 Å². The van der Waals surface area contributed by atoms with Gasteiger partial charge < -0.3 is 10.2 Å². The average Bonchev–Trinajstić information content (AvgIpc) is 2.08. The van der Waals surface area contributed by atoms with Gasteiger partial charge in [0.05, 0.1) is 0 Å². The fourth-order valence-electron chi connectivity index (χ4n) is 1.13. The van der Waals surface area contributed by atoms with Crippen molar-refractivity contribution in [1.82, 2.24) is 10.2 Å². The predicted molar refractivity (Wildman–Crippen MR) is 62.3 cm³/mol. The lowest BCUT2D eigenvalue weighted by atomic mass is 10.4. The van der Waals surface area contributed by atoms with E-state index in [4.69, 9.17) is 0 Å². The smallest absolute Gasteiger partial charge is 0.00244 e. The van der Waals surface area contributed by atoms with Gasteiger partial charge in [-0.25, -0.2) is 0 Å². The molecule has 2 nitrogen and oxygen atoms in total. The molecule has 0 saturated heterocycles. The molecule has 0 aliphatic rings. The molecule has 82 valence electrons. The van der Waals surface area contributed by atoms with Gasteiger partial charge in [-0.2, -0.15) is 0 Å². The van der Waals surface area contributed by atoms with Gasteiger partial charge in [0.25, 0.3) is 0 Å². The lowest BCUT2D eigenvalue weighted by Crippen LogP contribution is -2.19. The van der Waals surface area contributed by atoms with Crippen molar-refractivity contribution in [2.75, 3.05) is 33.7 Å². The highest BCUT2D eigenvalue weighted by molar-refractivity contribution is 4.45. The maximum atomic E-state index is 3.02. The van der Waals surface area contributed by atoms with Gasteiger partial charge in [0.2, 0.25) is 0 Å². The first-order valence-corrected chi connectivity index (χ1v) is 5.55. The van der Waals surface area contributed by atoms with Crippen molar-refractivity contribution < 1.29 is 0 Å². The molecule has 0 saturated carbocycles.